The van der Waals surface area contributed by atoms with Crippen LogP contribution in [0.15, 0.2) is 71.8 Å². The summed E-state index contributed by atoms with van der Waals surface area (Å²) in [6, 6.07) is 20.0. The van der Waals surface area contributed by atoms with Gasteiger partial charge in [0.15, 0.2) is 0 Å². The van der Waals surface area contributed by atoms with Gasteiger partial charge in [-0.25, -0.2) is 5.43 Å². The summed E-state index contributed by atoms with van der Waals surface area (Å²) in [5.41, 5.74) is 5.47. The van der Waals surface area contributed by atoms with Crippen LogP contribution in [0.3, 0.4) is 0 Å². The molecule has 0 spiro atoms. The average molecular weight is 413 g/mol. The van der Waals surface area contributed by atoms with Crippen LogP contribution in [0.1, 0.15) is 27.0 Å². The number of para-hydroxylation sites is 1. The summed E-state index contributed by atoms with van der Waals surface area (Å²) in [5.74, 6) is 0.298. The highest BCUT2D eigenvalue weighted by atomic mass is 35.5. The molecule has 0 atom stereocenters. The molecule has 0 radical (unpaired) electrons. The lowest BCUT2D eigenvalue weighted by molar-refractivity contribution is 0.0955. The van der Waals surface area contributed by atoms with Crippen molar-refractivity contribution in [2.24, 2.45) is 5.10 Å². The number of aryl methyl sites for hydroxylation is 1. The number of amides is 1. The predicted octanol–water partition coefficient (Wildman–Crippen LogP) is 5.64. The molecule has 1 N–H and O–H groups in total. The van der Waals surface area contributed by atoms with Crippen LogP contribution in [0.25, 0.3) is 0 Å². The molecule has 0 aliphatic heterocycles. The highest BCUT2D eigenvalue weighted by Gasteiger charge is 2.07. The first kappa shape index (κ1) is 19.9. The molecule has 3 aromatic rings. The molecule has 4 nitrogen and oxygen atoms in total. The number of hydrogen-bond donors (Lipinski definition) is 1. The van der Waals surface area contributed by atoms with Crippen LogP contribution in [0.5, 0.6) is 5.75 Å². The summed E-state index contributed by atoms with van der Waals surface area (Å²) < 4.78 is 5.87. The fourth-order valence-electron chi connectivity index (χ4n) is 2.45. The Morgan fingerprint density at radius 2 is 1.79 bits per heavy atom. The minimum absolute atomic E-state index is 0.332. The lowest BCUT2D eigenvalue weighted by atomic mass is 10.1. The number of rotatable bonds is 6. The van der Waals surface area contributed by atoms with E-state index < -0.39 is 0 Å². The molecule has 0 unspecified atom stereocenters. The average Bonchev–Trinajstić information content (AvgIpc) is 2.70. The lowest BCUT2D eigenvalue weighted by Gasteiger charge is -2.10. The summed E-state index contributed by atoms with van der Waals surface area (Å²) >= 11 is 12.2. The van der Waals surface area contributed by atoms with Crippen molar-refractivity contribution in [2.45, 2.75) is 13.5 Å². The van der Waals surface area contributed by atoms with E-state index in [4.69, 9.17) is 27.9 Å². The Morgan fingerprint density at radius 1 is 1.04 bits per heavy atom. The van der Waals surface area contributed by atoms with E-state index in [0.29, 0.717) is 28.0 Å². The van der Waals surface area contributed by atoms with Gasteiger partial charge < -0.3 is 4.74 Å². The summed E-state index contributed by atoms with van der Waals surface area (Å²) in [6.07, 6.45) is 1.54. The Morgan fingerprint density at radius 3 is 2.57 bits per heavy atom. The van der Waals surface area contributed by atoms with Crippen molar-refractivity contribution in [3.8, 4) is 5.75 Å². The van der Waals surface area contributed by atoms with Crippen molar-refractivity contribution in [2.75, 3.05) is 0 Å². The van der Waals surface area contributed by atoms with Crippen molar-refractivity contribution >= 4 is 35.3 Å². The number of hydrogen-bond acceptors (Lipinski definition) is 3. The molecule has 142 valence electrons. The number of carbonyl (C=O) groups excluding carboxylic acids is 1. The SMILES string of the molecule is Cc1ccc(C(=O)N/N=C\c2ccccc2OCc2ccccc2Cl)cc1Cl. The van der Waals surface area contributed by atoms with Crippen LogP contribution < -0.4 is 10.2 Å². The highest BCUT2D eigenvalue weighted by Crippen LogP contribution is 2.21. The van der Waals surface area contributed by atoms with Gasteiger partial charge in [-0.05, 0) is 42.8 Å². The second kappa shape index (κ2) is 9.40. The van der Waals surface area contributed by atoms with Gasteiger partial charge in [0.2, 0.25) is 0 Å². The van der Waals surface area contributed by atoms with Crippen molar-refractivity contribution in [3.63, 3.8) is 0 Å². The molecule has 0 aliphatic carbocycles. The van der Waals surface area contributed by atoms with E-state index >= 15 is 0 Å². The quantitative estimate of drug-likeness (QED) is 0.420. The van der Waals surface area contributed by atoms with E-state index in [0.717, 1.165) is 16.7 Å². The maximum atomic E-state index is 12.2. The zero-order chi connectivity index (χ0) is 19.9. The van der Waals surface area contributed by atoms with Gasteiger partial charge in [0.05, 0.1) is 6.21 Å². The number of carbonyl (C=O) groups is 1. The van der Waals surface area contributed by atoms with Crippen LogP contribution in [0.4, 0.5) is 0 Å². The summed E-state index contributed by atoms with van der Waals surface area (Å²) in [6.45, 7) is 2.21. The van der Waals surface area contributed by atoms with Gasteiger partial charge in [-0.3, -0.25) is 4.79 Å². The number of benzene rings is 3. The van der Waals surface area contributed by atoms with Crippen molar-refractivity contribution < 1.29 is 9.53 Å². The zero-order valence-corrected chi connectivity index (χ0v) is 16.7. The molecule has 3 rings (SSSR count). The molecule has 0 heterocycles. The largest absolute Gasteiger partial charge is 0.488 e. The topological polar surface area (TPSA) is 50.7 Å². The number of hydrazone groups is 1. The number of halogens is 2. The molecule has 0 fully saturated rings. The van der Waals surface area contributed by atoms with Gasteiger partial charge in [-0.1, -0.05) is 59.6 Å². The second-order valence-electron chi connectivity index (χ2n) is 6.08. The van der Waals surface area contributed by atoms with E-state index in [1.165, 1.54) is 6.21 Å². The Balaban J connectivity index is 1.66. The van der Waals surface area contributed by atoms with Gasteiger partial charge in [-0.15, -0.1) is 0 Å². The number of nitrogens with zero attached hydrogens (tertiary/aromatic N) is 1. The first-order chi connectivity index (χ1) is 13.5. The Hall–Kier alpha value is -2.82. The van der Waals surface area contributed by atoms with Gasteiger partial charge >= 0.3 is 0 Å². The zero-order valence-electron chi connectivity index (χ0n) is 15.2. The van der Waals surface area contributed by atoms with Crippen LogP contribution in [-0.2, 0) is 6.61 Å². The second-order valence-corrected chi connectivity index (χ2v) is 6.90. The molecule has 28 heavy (non-hydrogen) atoms. The van der Waals surface area contributed by atoms with Crippen LogP contribution >= 0.6 is 23.2 Å². The third kappa shape index (κ3) is 5.12. The van der Waals surface area contributed by atoms with E-state index in [1.807, 2.05) is 55.5 Å². The predicted molar refractivity (Wildman–Crippen MR) is 113 cm³/mol. The standard InChI is InChI=1S/C22H18Cl2N2O2/c1-15-10-11-16(12-20(15)24)22(27)26-25-13-17-6-3-5-9-21(17)28-14-18-7-2-4-8-19(18)23/h2-13H,14H2,1H3,(H,26,27)/b25-13-. The molecule has 0 bridgehead atoms. The van der Waals surface area contributed by atoms with Crippen molar-refractivity contribution in [3.05, 3.63) is 99.0 Å². The molecular weight excluding hydrogens is 395 g/mol. The van der Waals surface area contributed by atoms with Crippen LogP contribution in [-0.4, -0.2) is 12.1 Å². The fourth-order valence-corrected chi connectivity index (χ4v) is 2.82. The Bertz CT molecular complexity index is 1020. The highest BCUT2D eigenvalue weighted by molar-refractivity contribution is 6.31. The van der Waals surface area contributed by atoms with E-state index in [2.05, 4.69) is 10.5 Å². The summed E-state index contributed by atoms with van der Waals surface area (Å²) in [4.78, 5) is 12.2. The molecule has 1 amide bonds. The van der Waals surface area contributed by atoms with Crippen LogP contribution in [0.2, 0.25) is 10.0 Å². The molecule has 0 aromatic heterocycles. The third-order valence-corrected chi connectivity index (χ3v) is 4.84. The van der Waals surface area contributed by atoms with Crippen LogP contribution in [0, 0.1) is 6.92 Å². The number of nitrogens with one attached hydrogen (secondary N) is 1. The van der Waals surface area contributed by atoms with Gasteiger partial charge in [0, 0.05) is 26.7 Å². The maximum absolute atomic E-state index is 12.2. The monoisotopic (exact) mass is 412 g/mol. The van der Waals surface area contributed by atoms with Crippen molar-refractivity contribution in [1.82, 2.24) is 5.43 Å². The Kier molecular flexibility index (Phi) is 6.69. The van der Waals surface area contributed by atoms with E-state index in [1.54, 1.807) is 18.2 Å². The third-order valence-electron chi connectivity index (χ3n) is 4.06. The Labute approximate surface area is 173 Å². The molecular formula is C22H18Cl2N2O2. The van der Waals surface area contributed by atoms with Gasteiger partial charge in [-0.2, -0.15) is 5.10 Å². The summed E-state index contributed by atoms with van der Waals surface area (Å²) in [7, 11) is 0. The minimum atomic E-state index is -0.340. The lowest BCUT2D eigenvalue weighted by Crippen LogP contribution is -2.17. The minimum Gasteiger partial charge on any atom is -0.488 e. The van der Waals surface area contributed by atoms with Gasteiger partial charge in [0.1, 0.15) is 12.4 Å². The van der Waals surface area contributed by atoms with Crippen molar-refractivity contribution in [1.29, 1.82) is 0 Å². The van der Waals surface area contributed by atoms with E-state index in [9.17, 15) is 4.79 Å². The first-order valence-corrected chi connectivity index (χ1v) is 9.35. The molecule has 0 aliphatic rings. The smallest absolute Gasteiger partial charge is 0.271 e. The normalized spacial score (nSPS) is 10.8. The fraction of sp³-hybridized carbons (Fsp3) is 0.0909. The van der Waals surface area contributed by atoms with Gasteiger partial charge in [0.25, 0.3) is 5.91 Å². The molecule has 3 aromatic carbocycles. The molecule has 6 heteroatoms. The first-order valence-electron chi connectivity index (χ1n) is 8.59. The van der Waals surface area contributed by atoms with E-state index in [-0.39, 0.29) is 5.91 Å². The molecule has 0 saturated heterocycles. The molecule has 0 saturated carbocycles. The summed E-state index contributed by atoms with van der Waals surface area (Å²) in [5, 5.41) is 5.22. The number of ether oxygens (including phenoxy) is 1. The maximum Gasteiger partial charge on any atom is 0.271 e.